The quantitative estimate of drug-likeness (QED) is 0.658. The van der Waals surface area contributed by atoms with Crippen molar-refractivity contribution in [3.63, 3.8) is 0 Å². The lowest BCUT2D eigenvalue weighted by Crippen LogP contribution is -2.35. The zero-order valence-electron chi connectivity index (χ0n) is 14.4. The predicted octanol–water partition coefficient (Wildman–Crippen LogP) is 4.95. The number of carbonyl (C=O) groups excluding carboxylic acids is 1. The van der Waals surface area contributed by atoms with Crippen LogP contribution in [0, 0.1) is 0 Å². The number of benzene rings is 3. The van der Waals surface area contributed by atoms with Crippen LogP contribution in [0.3, 0.4) is 0 Å². The number of amides is 1. The maximum atomic E-state index is 12.4. The van der Waals surface area contributed by atoms with Crippen LogP contribution in [-0.2, 0) is 4.79 Å². The third-order valence-corrected chi connectivity index (χ3v) is 4.57. The average molecular weight is 344 g/mol. The van der Waals surface area contributed by atoms with Crippen LogP contribution in [0.5, 0.6) is 0 Å². The molecule has 1 saturated heterocycles. The molecule has 0 radical (unpaired) electrons. The highest BCUT2D eigenvalue weighted by atomic mass is 16.2. The predicted molar refractivity (Wildman–Crippen MR) is 104 cm³/mol. The average Bonchev–Trinajstić information content (AvgIpc) is 3.23. The SMILES string of the molecule is O=C(Nc1ccc(N=Nc2ccccc2)c2ccccc12)[C@@H]1CCCN1. The Bertz CT molecular complexity index is 947. The normalized spacial score (nSPS) is 17.0. The van der Waals surface area contributed by atoms with Crippen molar-refractivity contribution in [2.24, 2.45) is 10.2 Å². The highest BCUT2D eigenvalue weighted by Crippen LogP contribution is 2.33. The highest BCUT2D eigenvalue weighted by molar-refractivity contribution is 6.07. The molecule has 0 aromatic heterocycles. The number of anilines is 1. The van der Waals surface area contributed by atoms with Gasteiger partial charge < -0.3 is 10.6 Å². The standard InChI is InChI=1S/C21H20N4O/c26-21(20-11-6-14-22-20)23-18-12-13-19(17-10-5-4-9-16(17)18)25-24-15-7-2-1-3-8-15/h1-5,7-10,12-13,20,22H,6,11,14H2,(H,23,26)/t20-/m0/s1. The van der Waals surface area contributed by atoms with Crippen LogP contribution in [0.1, 0.15) is 12.8 Å². The minimum absolute atomic E-state index is 0.0197. The number of azo groups is 1. The number of rotatable bonds is 4. The van der Waals surface area contributed by atoms with E-state index in [2.05, 4.69) is 20.9 Å². The number of carbonyl (C=O) groups is 1. The van der Waals surface area contributed by atoms with Crippen molar-refractivity contribution in [3.8, 4) is 0 Å². The Balaban J connectivity index is 1.65. The summed E-state index contributed by atoms with van der Waals surface area (Å²) in [7, 11) is 0. The molecule has 1 fully saturated rings. The Labute approximate surface area is 152 Å². The van der Waals surface area contributed by atoms with E-state index < -0.39 is 0 Å². The van der Waals surface area contributed by atoms with Crippen molar-refractivity contribution in [1.82, 2.24) is 5.32 Å². The monoisotopic (exact) mass is 344 g/mol. The number of nitrogens with zero attached hydrogens (tertiary/aromatic N) is 2. The maximum Gasteiger partial charge on any atom is 0.241 e. The molecule has 0 bridgehead atoms. The summed E-state index contributed by atoms with van der Waals surface area (Å²) in [6, 6.07) is 21.2. The molecule has 3 aromatic rings. The molecule has 5 heteroatoms. The van der Waals surface area contributed by atoms with Crippen LogP contribution >= 0.6 is 0 Å². The van der Waals surface area contributed by atoms with Gasteiger partial charge in [0.25, 0.3) is 0 Å². The molecule has 1 amide bonds. The summed E-state index contributed by atoms with van der Waals surface area (Å²) < 4.78 is 0. The van der Waals surface area contributed by atoms with Crippen LogP contribution < -0.4 is 10.6 Å². The first-order valence-corrected chi connectivity index (χ1v) is 8.84. The topological polar surface area (TPSA) is 65.8 Å². The summed E-state index contributed by atoms with van der Waals surface area (Å²) in [6.07, 6.45) is 1.92. The Morgan fingerprint density at radius 3 is 2.46 bits per heavy atom. The van der Waals surface area contributed by atoms with Gasteiger partial charge in [-0.05, 0) is 43.7 Å². The molecule has 4 rings (SSSR count). The van der Waals surface area contributed by atoms with E-state index in [1.54, 1.807) is 0 Å². The lowest BCUT2D eigenvalue weighted by Gasteiger charge is -2.13. The summed E-state index contributed by atoms with van der Waals surface area (Å²) in [6.45, 7) is 0.900. The number of hydrogen-bond donors (Lipinski definition) is 2. The van der Waals surface area contributed by atoms with Crippen LogP contribution in [0.25, 0.3) is 10.8 Å². The second kappa shape index (κ2) is 7.45. The van der Waals surface area contributed by atoms with E-state index in [0.717, 1.165) is 47.2 Å². The van der Waals surface area contributed by atoms with Gasteiger partial charge in [0.15, 0.2) is 0 Å². The third kappa shape index (κ3) is 3.48. The molecular weight excluding hydrogens is 324 g/mol. The molecule has 26 heavy (non-hydrogen) atoms. The molecule has 1 aliphatic heterocycles. The van der Waals surface area contributed by atoms with E-state index >= 15 is 0 Å². The first kappa shape index (κ1) is 16.4. The van der Waals surface area contributed by atoms with Gasteiger partial charge in [0.1, 0.15) is 0 Å². The first-order valence-electron chi connectivity index (χ1n) is 8.84. The number of nitrogens with one attached hydrogen (secondary N) is 2. The fraction of sp³-hybridized carbons (Fsp3) is 0.190. The fourth-order valence-corrected chi connectivity index (χ4v) is 3.21. The van der Waals surface area contributed by atoms with E-state index in [-0.39, 0.29) is 11.9 Å². The van der Waals surface area contributed by atoms with Gasteiger partial charge in [0, 0.05) is 16.5 Å². The molecule has 1 aliphatic rings. The second-order valence-electron chi connectivity index (χ2n) is 6.35. The molecule has 5 nitrogen and oxygen atoms in total. The Morgan fingerprint density at radius 1 is 0.923 bits per heavy atom. The minimum Gasteiger partial charge on any atom is -0.324 e. The van der Waals surface area contributed by atoms with E-state index in [0.29, 0.717) is 0 Å². The summed E-state index contributed by atoms with van der Waals surface area (Å²) in [5.74, 6) is 0.0197. The smallest absolute Gasteiger partial charge is 0.241 e. The fourth-order valence-electron chi connectivity index (χ4n) is 3.21. The van der Waals surface area contributed by atoms with Crippen LogP contribution in [0.4, 0.5) is 17.1 Å². The van der Waals surface area contributed by atoms with Crippen molar-refractivity contribution >= 4 is 33.7 Å². The minimum atomic E-state index is -0.105. The van der Waals surface area contributed by atoms with Gasteiger partial charge in [-0.2, -0.15) is 5.11 Å². The summed E-state index contributed by atoms with van der Waals surface area (Å²) in [4.78, 5) is 12.4. The van der Waals surface area contributed by atoms with E-state index in [4.69, 9.17) is 0 Å². The van der Waals surface area contributed by atoms with Gasteiger partial charge in [-0.3, -0.25) is 4.79 Å². The molecule has 1 heterocycles. The zero-order valence-corrected chi connectivity index (χ0v) is 14.4. The van der Waals surface area contributed by atoms with Gasteiger partial charge in [0.05, 0.1) is 17.4 Å². The van der Waals surface area contributed by atoms with Crippen molar-refractivity contribution < 1.29 is 4.79 Å². The molecule has 0 spiro atoms. The summed E-state index contributed by atoms with van der Waals surface area (Å²) in [5.41, 5.74) is 2.39. The Morgan fingerprint density at radius 2 is 1.69 bits per heavy atom. The first-order chi connectivity index (χ1) is 12.8. The lowest BCUT2D eigenvalue weighted by molar-refractivity contribution is -0.117. The molecule has 3 aromatic carbocycles. The molecule has 2 N–H and O–H groups in total. The van der Waals surface area contributed by atoms with Crippen molar-refractivity contribution in [2.75, 3.05) is 11.9 Å². The number of fused-ring (bicyclic) bond motifs is 1. The van der Waals surface area contributed by atoms with Gasteiger partial charge in [0.2, 0.25) is 5.91 Å². The third-order valence-electron chi connectivity index (χ3n) is 4.57. The van der Waals surface area contributed by atoms with Crippen molar-refractivity contribution in [2.45, 2.75) is 18.9 Å². The highest BCUT2D eigenvalue weighted by Gasteiger charge is 2.22. The maximum absolute atomic E-state index is 12.4. The Kier molecular flexibility index (Phi) is 4.71. The van der Waals surface area contributed by atoms with Gasteiger partial charge in [-0.1, -0.05) is 42.5 Å². The van der Waals surface area contributed by atoms with E-state index in [1.807, 2.05) is 66.7 Å². The molecule has 0 aliphatic carbocycles. The van der Waals surface area contributed by atoms with Crippen molar-refractivity contribution in [3.05, 3.63) is 66.7 Å². The molecule has 0 unspecified atom stereocenters. The van der Waals surface area contributed by atoms with Crippen LogP contribution in [-0.4, -0.2) is 18.5 Å². The van der Waals surface area contributed by atoms with Gasteiger partial charge in [-0.15, -0.1) is 5.11 Å². The van der Waals surface area contributed by atoms with Crippen molar-refractivity contribution in [1.29, 1.82) is 0 Å². The van der Waals surface area contributed by atoms with Gasteiger partial charge >= 0.3 is 0 Å². The summed E-state index contributed by atoms with van der Waals surface area (Å²) in [5, 5.41) is 16.9. The second-order valence-corrected chi connectivity index (χ2v) is 6.35. The lowest BCUT2D eigenvalue weighted by atomic mass is 10.1. The van der Waals surface area contributed by atoms with E-state index in [1.165, 1.54) is 0 Å². The van der Waals surface area contributed by atoms with Gasteiger partial charge in [-0.25, -0.2) is 0 Å². The van der Waals surface area contributed by atoms with E-state index in [9.17, 15) is 4.79 Å². The number of hydrogen-bond acceptors (Lipinski definition) is 4. The Hall–Kier alpha value is -3.05. The largest absolute Gasteiger partial charge is 0.324 e. The molecular formula is C21H20N4O. The molecule has 0 saturated carbocycles. The molecule has 130 valence electrons. The molecule has 1 atom stereocenters. The zero-order chi connectivity index (χ0) is 17.8. The van der Waals surface area contributed by atoms with Crippen LogP contribution in [0.2, 0.25) is 0 Å². The summed E-state index contributed by atoms with van der Waals surface area (Å²) >= 11 is 0. The van der Waals surface area contributed by atoms with Crippen LogP contribution in [0.15, 0.2) is 77.0 Å².